The third kappa shape index (κ3) is 4.74. The molecule has 0 saturated carbocycles. The summed E-state index contributed by atoms with van der Waals surface area (Å²) < 4.78 is 1.05. The molecule has 1 aromatic rings. The van der Waals surface area contributed by atoms with E-state index in [2.05, 4.69) is 26.1 Å². The Labute approximate surface area is 134 Å². The number of carbonyl (C=O) groups excluding carboxylic acids is 1. The van der Waals surface area contributed by atoms with Crippen LogP contribution in [0.4, 0.5) is 5.69 Å². The molecule has 3 N–H and O–H groups in total. The number of amides is 1. The van der Waals surface area contributed by atoms with Crippen LogP contribution in [-0.2, 0) is 4.79 Å². The Hall–Kier alpha value is -0.620. The summed E-state index contributed by atoms with van der Waals surface area (Å²) in [5.74, 6) is 0.585. The molecule has 1 aliphatic heterocycles. The van der Waals surface area contributed by atoms with E-state index >= 15 is 0 Å². The predicted octanol–water partition coefficient (Wildman–Crippen LogP) is 2.40. The van der Waals surface area contributed by atoms with Gasteiger partial charge in [0.25, 0.3) is 0 Å². The topological polar surface area (TPSA) is 58.4 Å². The van der Waals surface area contributed by atoms with Crippen LogP contribution in [-0.4, -0.2) is 37.0 Å². The molecular formula is C14H21BrClN3O. The van der Waals surface area contributed by atoms with E-state index in [1.807, 2.05) is 25.1 Å². The molecule has 1 unspecified atom stereocenters. The van der Waals surface area contributed by atoms with Crippen LogP contribution >= 0.6 is 28.3 Å². The highest BCUT2D eigenvalue weighted by atomic mass is 79.9. The summed E-state index contributed by atoms with van der Waals surface area (Å²) in [6.45, 7) is 5.07. The number of carbonyl (C=O) groups is 1. The minimum Gasteiger partial charge on any atom is -0.330 e. The van der Waals surface area contributed by atoms with E-state index in [4.69, 9.17) is 5.73 Å². The molecule has 0 aromatic heterocycles. The highest BCUT2D eigenvalue weighted by Gasteiger charge is 2.22. The lowest BCUT2D eigenvalue weighted by Crippen LogP contribution is -2.32. The van der Waals surface area contributed by atoms with Crippen LogP contribution in [0.15, 0.2) is 22.7 Å². The molecule has 0 bridgehead atoms. The van der Waals surface area contributed by atoms with Crippen molar-refractivity contribution >= 4 is 39.9 Å². The van der Waals surface area contributed by atoms with Crippen LogP contribution in [0.1, 0.15) is 12.0 Å². The molecule has 1 heterocycles. The van der Waals surface area contributed by atoms with E-state index in [9.17, 15) is 4.79 Å². The van der Waals surface area contributed by atoms with Crippen LogP contribution in [0, 0.1) is 12.8 Å². The quantitative estimate of drug-likeness (QED) is 0.864. The summed E-state index contributed by atoms with van der Waals surface area (Å²) in [6, 6.07) is 5.82. The number of hydrogen-bond acceptors (Lipinski definition) is 3. The average Bonchev–Trinajstić information content (AvgIpc) is 2.81. The van der Waals surface area contributed by atoms with Crippen LogP contribution in [0.2, 0.25) is 0 Å². The highest BCUT2D eigenvalue weighted by molar-refractivity contribution is 9.10. The van der Waals surface area contributed by atoms with E-state index in [0.717, 1.165) is 35.2 Å². The molecule has 1 amide bonds. The molecule has 1 aliphatic rings. The predicted molar refractivity (Wildman–Crippen MR) is 88.4 cm³/mol. The van der Waals surface area contributed by atoms with Gasteiger partial charge in [0.15, 0.2) is 0 Å². The fourth-order valence-corrected chi connectivity index (χ4v) is 2.62. The third-order valence-electron chi connectivity index (χ3n) is 3.51. The van der Waals surface area contributed by atoms with Crippen LogP contribution in [0.3, 0.4) is 0 Å². The first-order valence-corrected chi connectivity index (χ1v) is 7.36. The van der Waals surface area contributed by atoms with Gasteiger partial charge in [0.2, 0.25) is 5.91 Å². The molecule has 1 fully saturated rings. The van der Waals surface area contributed by atoms with E-state index in [1.165, 1.54) is 0 Å². The van der Waals surface area contributed by atoms with Crippen molar-refractivity contribution in [2.24, 2.45) is 11.7 Å². The first-order valence-electron chi connectivity index (χ1n) is 6.57. The summed E-state index contributed by atoms with van der Waals surface area (Å²) in [4.78, 5) is 14.1. The lowest BCUT2D eigenvalue weighted by atomic mass is 10.1. The van der Waals surface area contributed by atoms with Crippen molar-refractivity contribution in [1.29, 1.82) is 0 Å². The van der Waals surface area contributed by atoms with Gasteiger partial charge in [-0.3, -0.25) is 9.69 Å². The van der Waals surface area contributed by atoms with Gasteiger partial charge in [0, 0.05) is 16.7 Å². The van der Waals surface area contributed by atoms with Gasteiger partial charge in [0.05, 0.1) is 6.54 Å². The van der Waals surface area contributed by atoms with Crippen molar-refractivity contribution in [3.05, 3.63) is 28.2 Å². The van der Waals surface area contributed by atoms with Gasteiger partial charge in [-0.1, -0.05) is 15.9 Å². The largest absolute Gasteiger partial charge is 0.330 e. The molecular weight excluding hydrogens is 342 g/mol. The first-order chi connectivity index (χ1) is 9.08. The summed E-state index contributed by atoms with van der Waals surface area (Å²) in [7, 11) is 0. The number of halogens is 2. The van der Waals surface area contributed by atoms with Crippen molar-refractivity contribution in [2.45, 2.75) is 13.3 Å². The number of likely N-dealkylation sites (tertiary alicyclic amines) is 1. The van der Waals surface area contributed by atoms with E-state index < -0.39 is 0 Å². The van der Waals surface area contributed by atoms with E-state index in [-0.39, 0.29) is 18.3 Å². The number of nitrogens with two attached hydrogens (primary N) is 1. The molecule has 1 saturated heterocycles. The Balaban J connectivity index is 0.00000200. The number of anilines is 1. The Morgan fingerprint density at radius 2 is 2.30 bits per heavy atom. The molecule has 0 spiro atoms. The van der Waals surface area contributed by atoms with Gasteiger partial charge >= 0.3 is 0 Å². The van der Waals surface area contributed by atoms with Gasteiger partial charge in [-0.25, -0.2) is 0 Å². The Morgan fingerprint density at radius 3 is 2.90 bits per heavy atom. The zero-order valence-corrected chi connectivity index (χ0v) is 14.0. The van der Waals surface area contributed by atoms with E-state index in [0.29, 0.717) is 19.0 Å². The lowest BCUT2D eigenvalue weighted by molar-refractivity contribution is -0.117. The van der Waals surface area contributed by atoms with Gasteiger partial charge in [0.1, 0.15) is 0 Å². The number of hydrogen-bond donors (Lipinski definition) is 2. The fourth-order valence-electron chi connectivity index (χ4n) is 2.37. The maximum atomic E-state index is 12.0. The van der Waals surface area contributed by atoms with Gasteiger partial charge in [-0.15, -0.1) is 12.4 Å². The van der Waals surface area contributed by atoms with Gasteiger partial charge < -0.3 is 11.1 Å². The molecule has 1 atom stereocenters. The number of rotatable bonds is 4. The lowest BCUT2D eigenvalue weighted by Gasteiger charge is -2.15. The first kappa shape index (κ1) is 17.4. The fraction of sp³-hybridized carbons (Fsp3) is 0.500. The average molecular weight is 363 g/mol. The minimum absolute atomic E-state index is 0. The molecule has 6 heteroatoms. The van der Waals surface area contributed by atoms with Gasteiger partial charge in [-0.2, -0.15) is 0 Å². The van der Waals surface area contributed by atoms with Crippen LogP contribution < -0.4 is 11.1 Å². The van der Waals surface area contributed by atoms with E-state index in [1.54, 1.807) is 0 Å². The molecule has 112 valence electrons. The summed E-state index contributed by atoms with van der Waals surface area (Å²) >= 11 is 3.45. The van der Waals surface area contributed by atoms with Crippen LogP contribution in [0.25, 0.3) is 0 Å². The minimum atomic E-state index is 0. The normalized spacial score (nSPS) is 18.6. The summed E-state index contributed by atoms with van der Waals surface area (Å²) in [5.41, 5.74) is 7.61. The summed E-state index contributed by atoms with van der Waals surface area (Å²) in [6.07, 6.45) is 1.10. The molecule has 2 rings (SSSR count). The van der Waals surface area contributed by atoms with Crippen molar-refractivity contribution in [2.75, 3.05) is 31.5 Å². The maximum absolute atomic E-state index is 12.0. The second-order valence-corrected chi connectivity index (χ2v) is 5.99. The zero-order chi connectivity index (χ0) is 13.8. The smallest absolute Gasteiger partial charge is 0.238 e. The van der Waals surface area contributed by atoms with Crippen LogP contribution in [0.5, 0.6) is 0 Å². The molecule has 0 radical (unpaired) electrons. The van der Waals surface area contributed by atoms with Crippen molar-refractivity contribution in [3.8, 4) is 0 Å². The second-order valence-electron chi connectivity index (χ2n) is 5.14. The molecule has 20 heavy (non-hydrogen) atoms. The number of nitrogens with one attached hydrogen (secondary N) is 1. The van der Waals surface area contributed by atoms with Crippen molar-refractivity contribution in [3.63, 3.8) is 0 Å². The molecule has 0 aliphatic carbocycles. The molecule has 4 nitrogen and oxygen atoms in total. The third-order valence-corrected chi connectivity index (χ3v) is 4.40. The Morgan fingerprint density at radius 1 is 1.55 bits per heavy atom. The van der Waals surface area contributed by atoms with Crippen molar-refractivity contribution < 1.29 is 4.79 Å². The standard InChI is InChI=1S/C14H20BrN3O.ClH/c1-10-6-12(2-3-13(10)15)17-14(19)9-18-5-4-11(7-16)8-18;/h2-3,6,11H,4-5,7-9,16H2,1H3,(H,17,19);1H. The zero-order valence-electron chi connectivity index (χ0n) is 11.6. The Bertz CT molecular complexity index is 470. The number of benzene rings is 1. The number of aryl methyl sites for hydroxylation is 1. The van der Waals surface area contributed by atoms with Crippen molar-refractivity contribution in [1.82, 2.24) is 4.90 Å². The second kappa shape index (κ2) is 7.98. The maximum Gasteiger partial charge on any atom is 0.238 e. The monoisotopic (exact) mass is 361 g/mol. The SMILES string of the molecule is Cc1cc(NC(=O)CN2CCC(CN)C2)ccc1Br.Cl. The Kier molecular flexibility index (Phi) is 6.95. The highest BCUT2D eigenvalue weighted by Crippen LogP contribution is 2.20. The number of nitrogens with zero attached hydrogens (tertiary/aromatic N) is 1. The van der Waals surface area contributed by atoms with Gasteiger partial charge in [-0.05, 0) is 56.1 Å². The molecule has 1 aromatic carbocycles. The summed E-state index contributed by atoms with van der Waals surface area (Å²) in [5, 5.41) is 2.94.